The first-order valence-corrected chi connectivity index (χ1v) is 7.01. The lowest BCUT2D eigenvalue weighted by molar-refractivity contribution is 0.104. The van der Waals surface area contributed by atoms with Gasteiger partial charge in [-0.15, -0.1) is 0 Å². The van der Waals surface area contributed by atoms with Gasteiger partial charge < -0.3 is 10.6 Å². The number of aromatic nitrogens is 3. The Morgan fingerprint density at radius 3 is 2.95 bits per heavy atom. The summed E-state index contributed by atoms with van der Waals surface area (Å²) in [5, 5.41) is 0. The Morgan fingerprint density at radius 2 is 2.15 bits per heavy atom. The third kappa shape index (κ3) is 2.36. The van der Waals surface area contributed by atoms with Crippen LogP contribution in [0.5, 0.6) is 0 Å². The number of nitrogens with zero attached hydrogens (tertiary/aromatic N) is 5. The van der Waals surface area contributed by atoms with Crippen molar-refractivity contribution in [3.63, 3.8) is 0 Å². The van der Waals surface area contributed by atoms with Gasteiger partial charge in [-0.1, -0.05) is 0 Å². The van der Waals surface area contributed by atoms with E-state index in [0.29, 0.717) is 12.0 Å². The van der Waals surface area contributed by atoms with Crippen LogP contribution >= 0.6 is 0 Å². The van der Waals surface area contributed by atoms with E-state index in [9.17, 15) is 0 Å². The smallest absolute Gasteiger partial charge is 0.202 e. The van der Waals surface area contributed by atoms with Crippen LogP contribution in [-0.4, -0.2) is 64.1 Å². The maximum Gasteiger partial charge on any atom is 0.202 e. The molecule has 3 heterocycles. The van der Waals surface area contributed by atoms with Crippen molar-refractivity contribution in [2.75, 3.05) is 39.5 Å². The first-order chi connectivity index (χ1) is 9.54. The van der Waals surface area contributed by atoms with E-state index >= 15 is 0 Å². The van der Waals surface area contributed by atoms with Gasteiger partial charge in [0.15, 0.2) is 5.65 Å². The van der Waals surface area contributed by atoms with E-state index in [4.69, 9.17) is 5.73 Å². The summed E-state index contributed by atoms with van der Waals surface area (Å²) in [6.07, 6.45) is 1.87. The number of piperazine rings is 1. The molecular formula is C14H22N6. The number of likely N-dealkylation sites (N-methyl/N-ethyl adjacent to an activating group) is 2. The molecule has 3 rings (SSSR count). The van der Waals surface area contributed by atoms with Gasteiger partial charge in [0, 0.05) is 38.4 Å². The molecule has 1 fully saturated rings. The first-order valence-electron chi connectivity index (χ1n) is 7.01. The topological polar surface area (TPSA) is 63.2 Å². The summed E-state index contributed by atoms with van der Waals surface area (Å²) in [5.74, 6) is 0.555. The number of anilines is 1. The van der Waals surface area contributed by atoms with Crippen molar-refractivity contribution in [3.8, 4) is 0 Å². The van der Waals surface area contributed by atoms with E-state index in [0.717, 1.165) is 42.9 Å². The predicted octanol–water partition coefficient (Wildman–Crippen LogP) is 0.568. The Hall–Kier alpha value is -1.66. The molecule has 20 heavy (non-hydrogen) atoms. The monoisotopic (exact) mass is 274 g/mol. The molecule has 1 aliphatic heterocycles. The quantitative estimate of drug-likeness (QED) is 0.867. The zero-order valence-electron chi connectivity index (χ0n) is 12.4. The van der Waals surface area contributed by atoms with Crippen LogP contribution in [0.25, 0.3) is 11.2 Å². The van der Waals surface area contributed by atoms with Crippen molar-refractivity contribution in [1.29, 1.82) is 0 Å². The van der Waals surface area contributed by atoms with Gasteiger partial charge in [-0.2, -0.15) is 0 Å². The average molecular weight is 274 g/mol. The standard InChI is InChI=1S/C14H22N6/c1-10-6-12-13(16-7-10)20(14(15)17-12)9-11-8-18(2)4-5-19(11)3/h6-7,11H,4-5,8-9H2,1-3H3,(H2,15,17). The second-order valence-corrected chi connectivity index (χ2v) is 5.83. The van der Waals surface area contributed by atoms with Crippen molar-refractivity contribution in [2.45, 2.75) is 19.5 Å². The number of rotatable bonds is 2. The Bertz CT molecular complexity index is 619. The second kappa shape index (κ2) is 5.03. The Balaban J connectivity index is 1.92. The van der Waals surface area contributed by atoms with Crippen LogP contribution in [0.1, 0.15) is 5.56 Å². The van der Waals surface area contributed by atoms with Gasteiger partial charge in [0.05, 0.1) is 0 Å². The summed E-state index contributed by atoms with van der Waals surface area (Å²) < 4.78 is 2.04. The lowest BCUT2D eigenvalue weighted by Crippen LogP contribution is -2.51. The van der Waals surface area contributed by atoms with Gasteiger partial charge in [-0.05, 0) is 32.6 Å². The maximum atomic E-state index is 6.08. The van der Waals surface area contributed by atoms with Crippen molar-refractivity contribution in [3.05, 3.63) is 17.8 Å². The number of aryl methyl sites for hydroxylation is 1. The van der Waals surface area contributed by atoms with Crippen molar-refractivity contribution < 1.29 is 0 Å². The normalized spacial score (nSPS) is 21.6. The van der Waals surface area contributed by atoms with Gasteiger partial charge in [-0.25, -0.2) is 9.97 Å². The van der Waals surface area contributed by atoms with Gasteiger partial charge >= 0.3 is 0 Å². The lowest BCUT2D eigenvalue weighted by Gasteiger charge is -2.37. The Labute approximate surface area is 119 Å². The molecule has 0 spiro atoms. The molecule has 0 aliphatic carbocycles. The molecule has 1 atom stereocenters. The number of hydrogen-bond acceptors (Lipinski definition) is 5. The maximum absolute atomic E-state index is 6.08. The molecule has 0 amide bonds. The van der Waals surface area contributed by atoms with E-state index < -0.39 is 0 Å². The molecule has 1 unspecified atom stereocenters. The molecule has 6 heteroatoms. The van der Waals surface area contributed by atoms with Crippen LogP contribution in [-0.2, 0) is 6.54 Å². The Kier molecular flexibility index (Phi) is 3.35. The minimum absolute atomic E-state index is 0.441. The highest BCUT2D eigenvalue weighted by atomic mass is 15.3. The minimum Gasteiger partial charge on any atom is -0.369 e. The number of pyridine rings is 1. The van der Waals surface area contributed by atoms with E-state index in [1.54, 1.807) is 0 Å². The molecule has 1 aliphatic rings. The summed E-state index contributed by atoms with van der Waals surface area (Å²) in [6, 6.07) is 2.47. The predicted molar refractivity (Wildman–Crippen MR) is 80.6 cm³/mol. The van der Waals surface area contributed by atoms with Crippen molar-refractivity contribution >= 4 is 17.1 Å². The fourth-order valence-electron chi connectivity index (χ4n) is 2.82. The molecule has 108 valence electrons. The van der Waals surface area contributed by atoms with Gasteiger partial charge in [-0.3, -0.25) is 9.47 Å². The highest BCUT2D eigenvalue weighted by molar-refractivity contribution is 5.74. The van der Waals surface area contributed by atoms with Gasteiger partial charge in [0.2, 0.25) is 5.95 Å². The van der Waals surface area contributed by atoms with E-state index in [-0.39, 0.29) is 0 Å². The van der Waals surface area contributed by atoms with Gasteiger partial charge in [0.1, 0.15) is 5.52 Å². The molecule has 1 saturated heterocycles. The summed E-state index contributed by atoms with van der Waals surface area (Å²) >= 11 is 0. The van der Waals surface area contributed by atoms with E-state index in [1.165, 1.54) is 0 Å². The SMILES string of the molecule is Cc1cnc2c(c1)nc(N)n2CC1CN(C)CCN1C. The molecule has 0 saturated carbocycles. The molecular weight excluding hydrogens is 252 g/mol. The zero-order valence-corrected chi connectivity index (χ0v) is 12.4. The Morgan fingerprint density at radius 1 is 1.35 bits per heavy atom. The largest absolute Gasteiger partial charge is 0.369 e. The first kappa shape index (κ1) is 13.3. The molecule has 6 nitrogen and oxygen atoms in total. The van der Waals surface area contributed by atoms with E-state index in [1.807, 2.05) is 23.8 Å². The van der Waals surface area contributed by atoms with Crippen LogP contribution in [0.4, 0.5) is 5.95 Å². The summed E-state index contributed by atoms with van der Waals surface area (Å²) in [5.41, 5.74) is 8.96. The third-order valence-corrected chi connectivity index (χ3v) is 4.12. The zero-order chi connectivity index (χ0) is 14.3. The molecule has 2 N–H and O–H groups in total. The molecule has 2 aromatic heterocycles. The average Bonchev–Trinajstić information content (AvgIpc) is 2.69. The third-order valence-electron chi connectivity index (χ3n) is 4.12. The summed E-state index contributed by atoms with van der Waals surface area (Å²) in [6.45, 7) is 6.09. The number of hydrogen-bond donors (Lipinski definition) is 1. The van der Waals surface area contributed by atoms with Crippen LogP contribution < -0.4 is 5.73 Å². The highest BCUT2D eigenvalue weighted by Crippen LogP contribution is 2.19. The minimum atomic E-state index is 0.441. The van der Waals surface area contributed by atoms with Crippen molar-refractivity contribution in [2.24, 2.45) is 0 Å². The van der Waals surface area contributed by atoms with E-state index in [2.05, 4.69) is 33.9 Å². The van der Waals surface area contributed by atoms with Crippen LogP contribution in [0.15, 0.2) is 12.3 Å². The van der Waals surface area contributed by atoms with Crippen LogP contribution in [0.2, 0.25) is 0 Å². The van der Waals surface area contributed by atoms with Crippen molar-refractivity contribution in [1.82, 2.24) is 24.3 Å². The molecule has 0 aromatic carbocycles. The molecule has 0 bridgehead atoms. The molecule has 2 aromatic rings. The fraction of sp³-hybridized carbons (Fsp3) is 0.571. The molecule has 0 radical (unpaired) electrons. The highest BCUT2D eigenvalue weighted by Gasteiger charge is 2.24. The second-order valence-electron chi connectivity index (χ2n) is 5.83. The number of imidazole rings is 1. The number of nitrogens with two attached hydrogens (primary N) is 1. The fourth-order valence-corrected chi connectivity index (χ4v) is 2.82. The van der Waals surface area contributed by atoms with Gasteiger partial charge in [0.25, 0.3) is 0 Å². The summed E-state index contributed by atoms with van der Waals surface area (Å²) in [7, 11) is 4.33. The van der Waals surface area contributed by atoms with Crippen LogP contribution in [0.3, 0.4) is 0 Å². The summed E-state index contributed by atoms with van der Waals surface area (Å²) in [4.78, 5) is 13.7. The number of nitrogen functional groups attached to an aromatic ring is 1. The number of fused-ring (bicyclic) bond motifs is 1. The van der Waals surface area contributed by atoms with Crippen LogP contribution in [0, 0.1) is 6.92 Å². The lowest BCUT2D eigenvalue weighted by atomic mass is 10.2.